The third-order valence-electron chi connectivity index (χ3n) is 12.4. The fourth-order valence-corrected chi connectivity index (χ4v) is 8.95. The first-order chi connectivity index (χ1) is 28.6. The molecule has 3 aromatic rings. The van der Waals surface area contributed by atoms with E-state index in [0.29, 0.717) is 58.5 Å². The van der Waals surface area contributed by atoms with E-state index in [1.807, 2.05) is 72.8 Å². The maximum atomic E-state index is 13.7. The normalized spacial score (nSPS) is 20.5. The standard InChI is InChI=1S/C46H60N4O9/c51-43(52)40(37-10-14-47-26-37)23-32-5-1-4-31(20-32)13-17-50(18-19-58-29-35-8-2-6-33(21-35)24-41(44(53)54)38-11-15-48-27-38)46(57)59-30-36-9-3-7-34(22-36)25-42(45(55)56)39-12-16-49-28-39/h1-9,20-22,37-42,47-49H,10-19,23-30H2,(H,51,52)(H,53,54)(H,55,56)/t37-,38-,39-,40-,41-,42-/m0/s1. The number of carboxylic acids is 3. The number of nitrogens with zero attached hydrogens (tertiary/aromatic N) is 1. The van der Waals surface area contributed by atoms with E-state index in [1.54, 1.807) is 4.90 Å². The van der Waals surface area contributed by atoms with Crippen LogP contribution >= 0.6 is 0 Å². The summed E-state index contributed by atoms with van der Waals surface area (Å²) < 4.78 is 11.9. The maximum Gasteiger partial charge on any atom is 0.410 e. The Morgan fingerprint density at radius 2 is 0.983 bits per heavy atom. The van der Waals surface area contributed by atoms with Gasteiger partial charge in [-0.2, -0.15) is 0 Å². The molecule has 0 aliphatic carbocycles. The molecule has 3 aromatic carbocycles. The van der Waals surface area contributed by atoms with Crippen LogP contribution in [0.3, 0.4) is 0 Å². The lowest BCUT2D eigenvalue weighted by Gasteiger charge is -2.23. The Balaban J connectivity index is 1.08. The van der Waals surface area contributed by atoms with Crippen LogP contribution in [-0.4, -0.2) is 103 Å². The number of nitrogens with one attached hydrogen (secondary N) is 3. The molecular weight excluding hydrogens is 753 g/mol. The predicted molar refractivity (Wildman–Crippen MR) is 222 cm³/mol. The zero-order valence-corrected chi connectivity index (χ0v) is 33.9. The van der Waals surface area contributed by atoms with Crippen molar-refractivity contribution in [1.82, 2.24) is 20.9 Å². The highest BCUT2D eigenvalue weighted by Crippen LogP contribution is 2.27. The molecule has 0 radical (unpaired) electrons. The number of hydrogen-bond donors (Lipinski definition) is 6. The van der Waals surface area contributed by atoms with Gasteiger partial charge in [-0.25, -0.2) is 4.79 Å². The summed E-state index contributed by atoms with van der Waals surface area (Å²) in [7, 11) is 0. The average Bonchev–Trinajstić information content (AvgIpc) is 4.06. The van der Waals surface area contributed by atoms with Crippen LogP contribution in [0.15, 0.2) is 72.8 Å². The van der Waals surface area contributed by atoms with E-state index in [1.165, 1.54) is 0 Å². The van der Waals surface area contributed by atoms with Crippen LogP contribution in [0.2, 0.25) is 0 Å². The van der Waals surface area contributed by atoms with Gasteiger partial charge in [-0.05, 0) is 135 Å². The molecule has 13 heteroatoms. The van der Waals surface area contributed by atoms with Crippen LogP contribution in [-0.2, 0) is 62.8 Å². The van der Waals surface area contributed by atoms with Crippen molar-refractivity contribution in [2.24, 2.45) is 35.5 Å². The molecule has 3 aliphatic heterocycles. The van der Waals surface area contributed by atoms with Gasteiger partial charge in [-0.15, -0.1) is 0 Å². The first-order valence-electron chi connectivity index (χ1n) is 21.2. The summed E-state index contributed by atoms with van der Waals surface area (Å²) >= 11 is 0. The molecule has 1 amide bonds. The smallest absolute Gasteiger partial charge is 0.410 e. The summed E-state index contributed by atoms with van der Waals surface area (Å²) in [5.74, 6) is -3.52. The van der Waals surface area contributed by atoms with E-state index >= 15 is 0 Å². The lowest BCUT2D eigenvalue weighted by Crippen LogP contribution is -2.36. The van der Waals surface area contributed by atoms with E-state index in [0.717, 1.165) is 72.3 Å². The van der Waals surface area contributed by atoms with Crippen LogP contribution in [0.25, 0.3) is 0 Å². The number of hydrogen-bond acceptors (Lipinski definition) is 9. The van der Waals surface area contributed by atoms with Gasteiger partial charge >= 0.3 is 24.0 Å². The zero-order valence-electron chi connectivity index (χ0n) is 33.9. The number of carboxylic acid groups (broad SMARTS) is 3. The molecule has 318 valence electrons. The van der Waals surface area contributed by atoms with Gasteiger partial charge in [0.05, 0.1) is 31.0 Å². The SMILES string of the molecule is O=C(O)[C@@H](Cc1cccc(CCN(CCOCc2cccc(C[C@H](C(=O)O)[C@H]3CCNC3)c2)C(=O)OCc2cccc(C[C@H](C(=O)O)[C@H]3CCNC3)c2)c1)[C@H]1CCNC1. The van der Waals surface area contributed by atoms with Crippen molar-refractivity contribution in [2.45, 2.75) is 58.2 Å². The van der Waals surface area contributed by atoms with Crippen molar-refractivity contribution < 1.29 is 44.0 Å². The molecule has 59 heavy (non-hydrogen) atoms. The van der Waals surface area contributed by atoms with Gasteiger partial charge in [0.2, 0.25) is 0 Å². The Labute approximate surface area is 346 Å². The van der Waals surface area contributed by atoms with Crippen LogP contribution in [0, 0.1) is 35.5 Å². The summed E-state index contributed by atoms with van der Waals surface area (Å²) in [5, 5.41) is 39.7. The quantitative estimate of drug-likeness (QED) is 0.0774. The first kappa shape index (κ1) is 43.8. The Kier molecular flexibility index (Phi) is 16.3. The van der Waals surface area contributed by atoms with Gasteiger partial charge in [0.15, 0.2) is 0 Å². The van der Waals surface area contributed by atoms with Crippen molar-refractivity contribution in [1.29, 1.82) is 0 Å². The zero-order chi connectivity index (χ0) is 41.6. The highest BCUT2D eigenvalue weighted by Gasteiger charge is 2.33. The molecule has 3 heterocycles. The van der Waals surface area contributed by atoms with Gasteiger partial charge in [0.1, 0.15) is 6.61 Å². The van der Waals surface area contributed by atoms with Crippen LogP contribution in [0.1, 0.15) is 52.6 Å². The topological polar surface area (TPSA) is 187 Å². The van der Waals surface area contributed by atoms with E-state index in [9.17, 15) is 34.5 Å². The molecule has 13 nitrogen and oxygen atoms in total. The number of aliphatic carboxylic acids is 3. The minimum Gasteiger partial charge on any atom is -0.481 e. The molecule has 0 aromatic heterocycles. The Morgan fingerprint density at radius 1 is 0.576 bits per heavy atom. The average molecular weight is 813 g/mol. The minimum atomic E-state index is -0.802. The molecular formula is C46H60N4O9. The van der Waals surface area contributed by atoms with Crippen LogP contribution in [0.4, 0.5) is 4.79 Å². The second-order valence-corrected chi connectivity index (χ2v) is 16.5. The Morgan fingerprint density at radius 3 is 1.41 bits per heavy atom. The minimum absolute atomic E-state index is 0.0237. The fourth-order valence-electron chi connectivity index (χ4n) is 8.95. The Hall–Kier alpha value is -4.82. The molecule has 6 atom stereocenters. The summed E-state index contributed by atoms with van der Waals surface area (Å²) in [4.78, 5) is 51.7. The lowest BCUT2D eigenvalue weighted by molar-refractivity contribution is -0.144. The Bertz CT molecular complexity index is 1860. The predicted octanol–water partition coefficient (Wildman–Crippen LogP) is 4.64. The number of amides is 1. The molecule has 3 fully saturated rings. The maximum absolute atomic E-state index is 13.7. The highest BCUT2D eigenvalue weighted by atomic mass is 16.6. The molecule has 0 spiro atoms. The van der Waals surface area contributed by atoms with E-state index < -0.39 is 41.8 Å². The van der Waals surface area contributed by atoms with Crippen molar-refractivity contribution in [3.63, 3.8) is 0 Å². The number of carbonyl (C=O) groups is 4. The number of carbonyl (C=O) groups excluding carboxylic acids is 1. The van der Waals surface area contributed by atoms with Crippen molar-refractivity contribution in [2.75, 3.05) is 59.0 Å². The van der Waals surface area contributed by atoms with Gasteiger partial charge in [0, 0.05) is 13.1 Å². The molecule has 3 saturated heterocycles. The second kappa shape index (κ2) is 22.0. The lowest BCUT2D eigenvalue weighted by atomic mass is 9.86. The third-order valence-corrected chi connectivity index (χ3v) is 12.4. The van der Waals surface area contributed by atoms with Crippen molar-refractivity contribution in [3.8, 4) is 0 Å². The van der Waals surface area contributed by atoms with Gasteiger partial charge < -0.3 is 45.6 Å². The largest absolute Gasteiger partial charge is 0.481 e. The number of rotatable bonds is 22. The first-order valence-corrected chi connectivity index (χ1v) is 21.2. The third kappa shape index (κ3) is 13.1. The summed E-state index contributed by atoms with van der Waals surface area (Å²) in [5.41, 5.74) is 5.46. The van der Waals surface area contributed by atoms with Gasteiger partial charge in [-0.1, -0.05) is 72.8 Å². The summed E-state index contributed by atoms with van der Waals surface area (Å²) in [6.45, 7) is 5.77. The van der Waals surface area contributed by atoms with Crippen molar-refractivity contribution in [3.05, 3.63) is 106 Å². The number of benzene rings is 3. The fraction of sp³-hybridized carbons (Fsp3) is 0.522. The molecule has 3 aliphatic rings. The van der Waals surface area contributed by atoms with E-state index in [-0.39, 0.29) is 37.5 Å². The molecule has 0 bridgehead atoms. The van der Waals surface area contributed by atoms with Gasteiger partial charge in [-0.3, -0.25) is 14.4 Å². The molecule has 0 saturated carbocycles. The second-order valence-electron chi connectivity index (χ2n) is 16.5. The van der Waals surface area contributed by atoms with E-state index in [2.05, 4.69) is 16.0 Å². The molecule has 0 unspecified atom stereocenters. The van der Waals surface area contributed by atoms with Crippen molar-refractivity contribution >= 4 is 24.0 Å². The molecule has 6 N–H and O–H groups in total. The van der Waals surface area contributed by atoms with E-state index in [4.69, 9.17) is 9.47 Å². The van der Waals surface area contributed by atoms with Crippen LogP contribution < -0.4 is 16.0 Å². The summed E-state index contributed by atoms with van der Waals surface area (Å²) in [6, 6.07) is 23.3. The van der Waals surface area contributed by atoms with Crippen LogP contribution in [0.5, 0.6) is 0 Å². The molecule has 6 rings (SSSR count). The number of ether oxygens (including phenoxy) is 2. The monoisotopic (exact) mass is 812 g/mol. The highest BCUT2D eigenvalue weighted by molar-refractivity contribution is 5.72. The van der Waals surface area contributed by atoms with Gasteiger partial charge in [0.25, 0.3) is 0 Å². The summed E-state index contributed by atoms with van der Waals surface area (Å²) in [6.07, 6.45) is 3.84.